The van der Waals surface area contributed by atoms with E-state index in [-0.39, 0.29) is 17.4 Å². The molecule has 1 heterocycles. The van der Waals surface area contributed by atoms with Gasteiger partial charge in [-0.3, -0.25) is 4.79 Å². The standard InChI is InChI=1S/C16H13Cl3N2O4/c1-9-11(18)6-12(19)16(20-9)21-14(22)7-25-15(23)8-24-13-5-3-2-4-10(13)17/h2-6H,7-8H2,1H3,(H,20,21,22). The molecule has 25 heavy (non-hydrogen) atoms. The Morgan fingerprint density at radius 2 is 1.80 bits per heavy atom. The van der Waals surface area contributed by atoms with E-state index in [4.69, 9.17) is 44.3 Å². The Labute approximate surface area is 159 Å². The zero-order chi connectivity index (χ0) is 18.4. The molecule has 9 heteroatoms. The quantitative estimate of drug-likeness (QED) is 0.740. The summed E-state index contributed by atoms with van der Waals surface area (Å²) in [6, 6.07) is 8.14. The van der Waals surface area contributed by atoms with Gasteiger partial charge in [0.05, 0.1) is 20.8 Å². The molecule has 0 saturated carbocycles. The van der Waals surface area contributed by atoms with Crippen LogP contribution in [0.25, 0.3) is 0 Å². The molecule has 1 aromatic carbocycles. The van der Waals surface area contributed by atoms with Crippen LogP contribution >= 0.6 is 34.8 Å². The fraction of sp³-hybridized carbons (Fsp3) is 0.188. The van der Waals surface area contributed by atoms with Gasteiger partial charge in [-0.2, -0.15) is 0 Å². The predicted octanol–water partition coefficient (Wildman–Crippen LogP) is 3.91. The lowest BCUT2D eigenvalue weighted by molar-refractivity contribution is -0.149. The highest BCUT2D eigenvalue weighted by Crippen LogP contribution is 2.25. The molecule has 0 aliphatic rings. The molecule has 0 atom stereocenters. The molecule has 0 fully saturated rings. The zero-order valence-corrected chi connectivity index (χ0v) is 15.3. The zero-order valence-electron chi connectivity index (χ0n) is 13.0. The Balaban J connectivity index is 1.81. The number of halogens is 3. The van der Waals surface area contributed by atoms with Crippen LogP contribution in [0.2, 0.25) is 15.1 Å². The van der Waals surface area contributed by atoms with E-state index in [0.717, 1.165) is 0 Å². The highest BCUT2D eigenvalue weighted by atomic mass is 35.5. The van der Waals surface area contributed by atoms with Gasteiger partial charge in [0.1, 0.15) is 5.75 Å². The van der Waals surface area contributed by atoms with Crippen LogP contribution in [-0.2, 0) is 14.3 Å². The van der Waals surface area contributed by atoms with Gasteiger partial charge in [0.2, 0.25) is 0 Å². The summed E-state index contributed by atoms with van der Waals surface area (Å²) in [7, 11) is 0. The molecule has 1 N–H and O–H groups in total. The van der Waals surface area contributed by atoms with Crippen molar-refractivity contribution in [1.29, 1.82) is 0 Å². The Kier molecular flexibility index (Phi) is 6.87. The first-order chi connectivity index (χ1) is 11.9. The Hall–Kier alpha value is -2.02. The monoisotopic (exact) mass is 402 g/mol. The molecule has 6 nitrogen and oxygen atoms in total. The van der Waals surface area contributed by atoms with Crippen LogP contribution in [0.3, 0.4) is 0 Å². The number of carbonyl (C=O) groups is 2. The molecule has 132 valence electrons. The number of aryl methyl sites for hydroxylation is 1. The molecule has 1 aromatic heterocycles. The number of carbonyl (C=O) groups excluding carboxylic acids is 2. The van der Waals surface area contributed by atoms with Gasteiger partial charge in [0, 0.05) is 0 Å². The third-order valence-corrected chi connectivity index (χ3v) is 3.89. The van der Waals surface area contributed by atoms with E-state index in [0.29, 0.717) is 21.5 Å². The van der Waals surface area contributed by atoms with Gasteiger partial charge in [-0.25, -0.2) is 9.78 Å². The molecule has 0 unspecified atom stereocenters. The Morgan fingerprint density at radius 1 is 1.08 bits per heavy atom. The fourth-order valence-corrected chi connectivity index (χ4v) is 2.30. The average molecular weight is 404 g/mol. The molecule has 0 saturated heterocycles. The predicted molar refractivity (Wildman–Crippen MR) is 95.5 cm³/mol. The van der Waals surface area contributed by atoms with Crippen molar-refractivity contribution >= 4 is 52.5 Å². The van der Waals surface area contributed by atoms with Gasteiger partial charge < -0.3 is 14.8 Å². The number of benzene rings is 1. The number of esters is 1. The number of anilines is 1. The molecule has 1 amide bonds. The highest BCUT2D eigenvalue weighted by molar-refractivity contribution is 6.36. The second-order valence-electron chi connectivity index (χ2n) is 4.81. The number of hydrogen-bond donors (Lipinski definition) is 1. The number of hydrogen-bond acceptors (Lipinski definition) is 5. The van der Waals surface area contributed by atoms with E-state index in [2.05, 4.69) is 10.3 Å². The highest BCUT2D eigenvalue weighted by Gasteiger charge is 2.13. The van der Waals surface area contributed by atoms with E-state index in [1.54, 1.807) is 31.2 Å². The minimum absolute atomic E-state index is 0.136. The van der Waals surface area contributed by atoms with Crippen molar-refractivity contribution in [2.24, 2.45) is 0 Å². The number of nitrogens with zero attached hydrogens (tertiary/aromatic N) is 1. The van der Waals surface area contributed by atoms with Crippen molar-refractivity contribution in [2.45, 2.75) is 6.92 Å². The second-order valence-corrected chi connectivity index (χ2v) is 6.04. The van der Waals surface area contributed by atoms with Crippen LogP contribution in [-0.4, -0.2) is 30.1 Å². The minimum Gasteiger partial charge on any atom is -0.480 e. The normalized spacial score (nSPS) is 10.2. The number of ether oxygens (including phenoxy) is 2. The maximum Gasteiger partial charge on any atom is 0.344 e. The average Bonchev–Trinajstić information content (AvgIpc) is 2.57. The number of para-hydroxylation sites is 1. The number of amides is 1. The van der Waals surface area contributed by atoms with E-state index < -0.39 is 18.5 Å². The van der Waals surface area contributed by atoms with Gasteiger partial charge in [-0.1, -0.05) is 46.9 Å². The summed E-state index contributed by atoms with van der Waals surface area (Å²) in [5.74, 6) is -0.834. The van der Waals surface area contributed by atoms with Crippen molar-refractivity contribution in [3.8, 4) is 5.75 Å². The molecular weight excluding hydrogens is 391 g/mol. The number of rotatable bonds is 6. The summed E-state index contributed by atoms with van der Waals surface area (Å²) < 4.78 is 10.0. The van der Waals surface area contributed by atoms with Gasteiger partial charge >= 0.3 is 5.97 Å². The minimum atomic E-state index is -0.721. The topological polar surface area (TPSA) is 77.5 Å². The molecular formula is C16H13Cl3N2O4. The molecule has 0 spiro atoms. The SMILES string of the molecule is Cc1nc(NC(=O)COC(=O)COc2ccccc2Cl)c(Cl)cc1Cl. The first-order valence-corrected chi connectivity index (χ1v) is 8.15. The van der Waals surface area contributed by atoms with Gasteiger partial charge in [-0.15, -0.1) is 0 Å². The summed E-state index contributed by atoms with van der Waals surface area (Å²) in [6.07, 6.45) is 0. The maximum atomic E-state index is 11.8. The number of aromatic nitrogens is 1. The molecule has 0 radical (unpaired) electrons. The van der Waals surface area contributed by atoms with Crippen molar-refractivity contribution in [3.63, 3.8) is 0 Å². The van der Waals surface area contributed by atoms with Gasteiger partial charge in [-0.05, 0) is 25.1 Å². The second kappa shape index (κ2) is 8.89. The number of nitrogens with one attached hydrogen (secondary N) is 1. The van der Waals surface area contributed by atoms with Crippen molar-refractivity contribution in [3.05, 3.63) is 51.1 Å². The lowest BCUT2D eigenvalue weighted by Gasteiger charge is -2.10. The van der Waals surface area contributed by atoms with E-state index in [1.807, 2.05) is 0 Å². The van der Waals surface area contributed by atoms with Crippen molar-refractivity contribution < 1.29 is 19.1 Å². The molecule has 2 rings (SSSR count). The van der Waals surface area contributed by atoms with E-state index in [9.17, 15) is 9.59 Å². The first-order valence-electron chi connectivity index (χ1n) is 7.02. The Bertz CT molecular complexity index is 799. The lowest BCUT2D eigenvalue weighted by Crippen LogP contribution is -2.24. The summed E-state index contributed by atoms with van der Waals surface area (Å²) in [4.78, 5) is 27.5. The molecule has 0 aliphatic heterocycles. The van der Waals surface area contributed by atoms with Crippen LogP contribution in [0, 0.1) is 6.92 Å². The molecule has 0 bridgehead atoms. The lowest BCUT2D eigenvalue weighted by atomic mass is 10.3. The smallest absolute Gasteiger partial charge is 0.344 e. The summed E-state index contributed by atoms with van der Waals surface area (Å²) in [5, 5.41) is 3.36. The van der Waals surface area contributed by atoms with Crippen LogP contribution in [0.5, 0.6) is 5.75 Å². The van der Waals surface area contributed by atoms with Gasteiger partial charge in [0.25, 0.3) is 5.91 Å². The van der Waals surface area contributed by atoms with Crippen LogP contribution < -0.4 is 10.1 Å². The first kappa shape index (κ1) is 19.3. The van der Waals surface area contributed by atoms with E-state index >= 15 is 0 Å². The third kappa shape index (κ3) is 5.77. The largest absolute Gasteiger partial charge is 0.480 e. The third-order valence-electron chi connectivity index (χ3n) is 2.91. The van der Waals surface area contributed by atoms with E-state index in [1.165, 1.54) is 6.07 Å². The Morgan fingerprint density at radius 3 is 2.52 bits per heavy atom. The summed E-state index contributed by atoms with van der Waals surface area (Å²) in [5.41, 5.74) is 0.506. The van der Waals surface area contributed by atoms with Crippen molar-refractivity contribution in [1.82, 2.24) is 4.98 Å². The maximum absolute atomic E-state index is 11.8. The molecule has 0 aliphatic carbocycles. The molecule has 2 aromatic rings. The van der Waals surface area contributed by atoms with Crippen LogP contribution in [0.15, 0.2) is 30.3 Å². The summed E-state index contributed by atoms with van der Waals surface area (Å²) >= 11 is 17.7. The van der Waals surface area contributed by atoms with Crippen LogP contribution in [0.4, 0.5) is 5.82 Å². The fourth-order valence-electron chi connectivity index (χ4n) is 1.70. The summed E-state index contributed by atoms with van der Waals surface area (Å²) in [6.45, 7) is 0.779. The van der Waals surface area contributed by atoms with Crippen molar-refractivity contribution in [2.75, 3.05) is 18.5 Å². The number of pyridine rings is 1. The van der Waals surface area contributed by atoms with Crippen LogP contribution in [0.1, 0.15) is 5.69 Å². The van der Waals surface area contributed by atoms with Gasteiger partial charge in [0.15, 0.2) is 19.0 Å².